The standard InChI is InChI=1S/C19H28BrNO/c1-2-3-4-5-11-21-17-7-6-8-18-19(17)16-12-15(20)10-9-14(16)13-22-18/h9-10,12,17-19,21H,2-8,11,13H2,1H3/t17-,18-,19+/m1/s1. The molecular formula is C19H28BrNO. The largest absolute Gasteiger partial charge is 0.373 e. The summed E-state index contributed by atoms with van der Waals surface area (Å²) in [6.45, 7) is 4.21. The van der Waals surface area contributed by atoms with Crippen LogP contribution in [0.3, 0.4) is 0 Å². The summed E-state index contributed by atoms with van der Waals surface area (Å²) in [6, 6.07) is 7.27. The monoisotopic (exact) mass is 365 g/mol. The number of halogens is 1. The van der Waals surface area contributed by atoms with E-state index in [9.17, 15) is 0 Å². The van der Waals surface area contributed by atoms with Crippen molar-refractivity contribution in [2.45, 2.75) is 76.5 Å². The quantitative estimate of drug-likeness (QED) is 0.703. The van der Waals surface area contributed by atoms with Gasteiger partial charge in [-0.05, 0) is 55.5 Å². The number of unbranched alkanes of at least 4 members (excludes halogenated alkanes) is 3. The van der Waals surface area contributed by atoms with E-state index >= 15 is 0 Å². The van der Waals surface area contributed by atoms with Crippen molar-refractivity contribution in [3.8, 4) is 0 Å². The Morgan fingerprint density at radius 1 is 1.23 bits per heavy atom. The summed E-state index contributed by atoms with van der Waals surface area (Å²) in [4.78, 5) is 0. The Labute approximate surface area is 143 Å². The fraction of sp³-hybridized carbons (Fsp3) is 0.684. The average molecular weight is 366 g/mol. The molecule has 3 heteroatoms. The molecule has 0 radical (unpaired) electrons. The Morgan fingerprint density at radius 2 is 2.14 bits per heavy atom. The zero-order chi connectivity index (χ0) is 15.4. The van der Waals surface area contributed by atoms with Crippen molar-refractivity contribution in [2.24, 2.45) is 0 Å². The van der Waals surface area contributed by atoms with Crippen LogP contribution >= 0.6 is 15.9 Å². The minimum atomic E-state index is 0.406. The smallest absolute Gasteiger partial charge is 0.0723 e. The maximum Gasteiger partial charge on any atom is 0.0723 e. The van der Waals surface area contributed by atoms with Crippen molar-refractivity contribution in [3.63, 3.8) is 0 Å². The van der Waals surface area contributed by atoms with E-state index in [0.29, 0.717) is 18.1 Å². The van der Waals surface area contributed by atoms with Gasteiger partial charge in [0.1, 0.15) is 0 Å². The topological polar surface area (TPSA) is 21.3 Å². The number of hydrogen-bond donors (Lipinski definition) is 1. The van der Waals surface area contributed by atoms with Gasteiger partial charge in [-0.25, -0.2) is 0 Å². The molecule has 2 nitrogen and oxygen atoms in total. The molecule has 1 fully saturated rings. The summed E-state index contributed by atoms with van der Waals surface area (Å²) < 4.78 is 7.36. The summed E-state index contributed by atoms with van der Waals surface area (Å²) >= 11 is 3.65. The van der Waals surface area contributed by atoms with Gasteiger partial charge < -0.3 is 10.1 Å². The lowest BCUT2D eigenvalue weighted by molar-refractivity contribution is -0.0218. The average Bonchev–Trinajstić information content (AvgIpc) is 2.54. The maximum absolute atomic E-state index is 6.17. The molecule has 2 aliphatic rings. The molecule has 1 heterocycles. The van der Waals surface area contributed by atoms with Crippen LogP contribution in [0.4, 0.5) is 0 Å². The molecule has 3 atom stereocenters. The molecule has 1 aromatic carbocycles. The summed E-state index contributed by atoms with van der Waals surface area (Å²) in [5.74, 6) is 0.529. The van der Waals surface area contributed by atoms with E-state index in [1.807, 2.05) is 0 Å². The van der Waals surface area contributed by atoms with E-state index in [4.69, 9.17) is 4.74 Å². The van der Waals surface area contributed by atoms with Gasteiger partial charge in [0.15, 0.2) is 0 Å². The molecule has 1 saturated carbocycles. The molecule has 0 unspecified atom stereocenters. The molecular weight excluding hydrogens is 338 g/mol. The minimum absolute atomic E-state index is 0.406. The molecule has 1 aliphatic heterocycles. The Balaban J connectivity index is 1.69. The van der Waals surface area contributed by atoms with Crippen molar-refractivity contribution in [2.75, 3.05) is 6.54 Å². The zero-order valence-corrected chi connectivity index (χ0v) is 15.2. The van der Waals surface area contributed by atoms with E-state index in [-0.39, 0.29) is 0 Å². The van der Waals surface area contributed by atoms with Crippen molar-refractivity contribution < 1.29 is 4.74 Å². The van der Waals surface area contributed by atoms with Gasteiger partial charge in [-0.2, -0.15) is 0 Å². The summed E-state index contributed by atoms with van der Waals surface area (Å²) in [6.07, 6.45) is 9.51. The molecule has 1 aromatic rings. The van der Waals surface area contributed by atoms with Crippen LogP contribution in [0.2, 0.25) is 0 Å². The van der Waals surface area contributed by atoms with Crippen LogP contribution in [0.15, 0.2) is 22.7 Å². The summed E-state index contributed by atoms with van der Waals surface area (Å²) in [5.41, 5.74) is 2.89. The Bertz CT molecular complexity index is 490. The van der Waals surface area contributed by atoms with Crippen LogP contribution in [0.25, 0.3) is 0 Å². The Morgan fingerprint density at radius 3 is 3.00 bits per heavy atom. The van der Waals surface area contributed by atoms with E-state index in [2.05, 4.69) is 46.4 Å². The second-order valence-corrected chi connectivity index (χ2v) is 7.69. The van der Waals surface area contributed by atoms with Crippen LogP contribution in [-0.2, 0) is 11.3 Å². The van der Waals surface area contributed by atoms with Crippen LogP contribution in [-0.4, -0.2) is 18.7 Å². The molecule has 22 heavy (non-hydrogen) atoms. The molecule has 0 amide bonds. The van der Waals surface area contributed by atoms with E-state index in [0.717, 1.165) is 13.2 Å². The van der Waals surface area contributed by atoms with Gasteiger partial charge in [-0.3, -0.25) is 0 Å². The number of nitrogens with one attached hydrogen (secondary N) is 1. The molecule has 1 N–H and O–H groups in total. The van der Waals surface area contributed by atoms with Gasteiger partial charge in [-0.1, -0.05) is 48.2 Å². The second-order valence-electron chi connectivity index (χ2n) is 6.77. The molecule has 122 valence electrons. The number of benzene rings is 1. The van der Waals surface area contributed by atoms with Crippen LogP contribution in [0.5, 0.6) is 0 Å². The highest BCUT2D eigenvalue weighted by Gasteiger charge is 2.38. The van der Waals surface area contributed by atoms with Crippen molar-refractivity contribution in [1.82, 2.24) is 5.32 Å². The van der Waals surface area contributed by atoms with E-state index in [1.54, 1.807) is 0 Å². The van der Waals surface area contributed by atoms with Crippen LogP contribution < -0.4 is 5.32 Å². The lowest BCUT2D eigenvalue weighted by Gasteiger charge is -2.42. The van der Waals surface area contributed by atoms with Gasteiger partial charge in [0, 0.05) is 16.4 Å². The predicted octanol–water partition coefficient (Wildman–Crippen LogP) is 5.15. The SMILES string of the molecule is CCCCCCN[C@@H]1CCC[C@H]2OCc3ccc(Br)cc3[C@@H]12. The van der Waals surface area contributed by atoms with E-state index in [1.165, 1.54) is 60.5 Å². The molecule has 1 aliphatic carbocycles. The normalized spacial score (nSPS) is 27.3. The van der Waals surface area contributed by atoms with Crippen LogP contribution in [0.1, 0.15) is 68.9 Å². The number of rotatable bonds is 6. The third-order valence-corrected chi connectivity index (χ3v) is 5.69. The van der Waals surface area contributed by atoms with Crippen molar-refractivity contribution in [1.29, 1.82) is 0 Å². The van der Waals surface area contributed by atoms with Crippen LogP contribution in [0, 0.1) is 0 Å². The second kappa shape index (κ2) is 7.94. The van der Waals surface area contributed by atoms with Gasteiger partial charge >= 0.3 is 0 Å². The summed E-state index contributed by atoms with van der Waals surface area (Å²) in [7, 11) is 0. The highest BCUT2D eigenvalue weighted by Crippen LogP contribution is 2.41. The Hall–Kier alpha value is -0.380. The summed E-state index contributed by atoms with van der Waals surface area (Å²) in [5, 5.41) is 3.84. The molecule has 0 spiro atoms. The third-order valence-electron chi connectivity index (χ3n) is 5.19. The molecule has 3 rings (SSSR count). The van der Waals surface area contributed by atoms with Crippen molar-refractivity contribution in [3.05, 3.63) is 33.8 Å². The number of fused-ring (bicyclic) bond motifs is 3. The molecule has 0 aromatic heterocycles. The van der Waals surface area contributed by atoms with Gasteiger partial charge in [0.25, 0.3) is 0 Å². The first-order valence-electron chi connectivity index (χ1n) is 8.93. The van der Waals surface area contributed by atoms with E-state index < -0.39 is 0 Å². The lowest BCUT2D eigenvalue weighted by Crippen LogP contribution is -2.46. The third kappa shape index (κ3) is 3.74. The fourth-order valence-corrected chi connectivity index (χ4v) is 4.41. The Kier molecular flexibility index (Phi) is 5.95. The molecule has 0 bridgehead atoms. The predicted molar refractivity (Wildman–Crippen MR) is 95.2 cm³/mol. The van der Waals surface area contributed by atoms with Gasteiger partial charge in [0.05, 0.1) is 12.7 Å². The first-order chi connectivity index (χ1) is 10.8. The highest BCUT2D eigenvalue weighted by molar-refractivity contribution is 9.10. The highest BCUT2D eigenvalue weighted by atomic mass is 79.9. The lowest BCUT2D eigenvalue weighted by atomic mass is 9.75. The number of hydrogen-bond acceptors (Lipinski definition) is 2. The number of ether oxygens (including phenoxy) is 1. The first kappa shape index (κ1) is 16.5. The van der Waals surface area contributed by atoms with Crippen molar-refractivity contribution >= 4 is 15.9 Å². The molecule has 0 saturated heterocycles. The first-order valence-corrected chi connectivity index (χ1v) is 9.72. The van der Waals surface area contributed by atoms with Gasteiger partial charge in [-0.15, -0.1) is 0 Å². The van der Waals surface area contributed by atoms with Gasteiger partial charge in [0.2, 0.25) is 0 Å². The fourth-order valence-electron chi connectivity index (χ4n) is 4.03. The maximum atomic E-state index is 6.17. The zero-order valence-electron chi connectivity index (χ0n) is 13.6. The minimum Gasteiger partial charge on any atom is -0.373 e.